The summed E-state index contributed by atoms with van der Waals surface area (Å²) in [5, 5.41) is 7.81. The number of nitrogens with two attached hydrogens (primary N) is 1. The number of halogens is 1. The molecule has 0 aliphatic carbocycles. The quantitative estimate of drug-likeness (QED) is 0.840. The van der Waals surface area contributed by atoms with E-state index in [0.29, 0.717) is 23.9 Å². The molecule has 0 unspecified atom stereocenters. The van der Waals surface area contributed by atoms with Crippen LogP contribution in [0.3, 0.4) is 0 Å². The maximum absolute atomic E-state index is 12.1. The molecule has 0 atom stereocenters. The van der Waals surface area contributed by atoms with Crippen molar-refractivity contribution in [2.75, 3.05) is 19.6 Å². The number of nitrogens with zero attached hydrogens (tertiary/aromatic N) is 3. The van der Waals surface area contributed by atoms with Gasteiger partial charge in [0.25, 0.3) is 0 Å². The molecule has 2 N–H and O–H groups in total. The summed E-state index contributed by atoms with van der Waals surface area (Å²) in [5.41, 5.74) is 7.56. The molecule has 2 heterocycles. The van der Waals surface area contributed by atoms with Crippen LogP contribution in [0.4, 0.5) is 0 Å². The van der Waals surface area contributed by atoms with E-state index in [1.165, 1.54) is 0 Å². The molecule has 0 spiro atoms. The zero-order chi connectivity index (χ0) is 20.1. The molecule has 5 nitrogen and oxygen atoms in total. The lowest BCUT2D eigenvalue weighted by atomic mass is 9.92. The minimum atomic E-state index is 0.146. The van der Waals surface area contributed by atoms with Crippen molar-refractivity contribution < 1.29 is 4.79 Å². The second kappa shape index (κ2) is 9.22. The van der Waals surface area contributed by atoms with Crippen LogP contribution in [0.5, 0.6) is 0 Å². The van der Waals surface area contributed by atoms with E-state index in [-0.39, 0.29) is 5.91 Å². The van der Waals surface area contributed by atoms with Crippen LogP contribution in [0.2, 0.25) is 5.02 Å². The van der Waals surface area contributed by atoms with Crippen molar-refractivity contribution in [2.24, 2.45) is 5.73 Å². The van der Waals surface area contributed by atoms with Crippen LogP contribution in [0.1, 0.15) is 37.8 Å². The zero-order valence-electron chi connectivity index (χ0n) is 16.3. The molecule has 3 rings (SSSR count). The molecule has 1 amide bonds. The Hall–Kier alpha value is -2.37. The Morgan fingerprint density at radius 2 is 2.00 bits per heavy atom. The fraction of sp³-hybridized carbons (Fsp3) is 0.364. The van der Waals surface area contributed by atoms with Crippen LogP contribution in [0, 0.1) is 0 Å². The number of carbonyl (C=O) groups is 1. The number of likely N-dealkylation sites (tertiary alicyclic amines) is 1. The number of carbonyl (C=O) groups excluding carboxylic acids is 1. The summed E-state index contributed by atoms with van der Waals surface area (Å²) >= 11 is 6.05. The molecule has 0 bridgehead atoms. The maximum Gasteiger partial charge on any atom is 0.223 e. The lowest BCUT2D eigenvalue weighted by Gasteiger charge is -2.31. The molecule has 0 saturated carbocycles. The monoisotopic (exact) mass is 398 g/mol. The molecule has 1 fully saturated rings. The number of hydrogen-bond donors (Lipinski definition) is 1. The van der Waals surface area contributed by atoms with E-state index in [2.05, 4.69) is 12.7 Å². The van der Waals surface area contributed by atoms with Gasteiger partial charge in [0.15, 0.2) is 0 Å². The lowest BCUT2D eigenvalue weighted by Crippen LogP contribution is -2.39. The van der Waals surface area contributed by atoms with Gasteiger partial charge >= 0.3 is 0 Å². The second-order valence-corrected chi connectivity index (χ2v) is 7.39. The minimum Gasteiger partial charge on any atom is -0.343 e. The Kier molecular flexibility index (Phi) is 6.70. The molecule has 1 aromatic carbocycles. The van der Waals surface area contributed by atoms with Crippen molar-refractivity contribution in [2.45, 2.75) is 32.1 Å². The number of rotatable bonds is 5. The molecule has 1 aliphatic heterocycles. The molecular formula is C22H27ClN4O. The Morgan fingerprint density at radius 1 is 1.32 bits per heavy atom. The van der Waals surface area contributed by atoms with Gasteiger partial charge < -0.3 is 10.6 Å². The van der Waals surface area contributed by atoms with Gasteiger partial charge in [0, 0.05) is 42.2 Å². The van der Waals surface area contributed by atoms with Crippen molar-refractivity contribution in [3.8, 4) is 5.69 Å². The molecule has 148 valence electrons. The first-order chi connectivity index (χ1) is 13.6. The highest BCUT2D eigenvalue weighted by Gasteiger charge is 2.26. The van der Waals surface area contributed by atoms with Crippen LogP contribution in [-0.4, -0.2) is 40.2 Å². The summed E-state index contributed by atoms with van der Waals surface area (Å²) in [6.45, 7) is 7.79. The summed E-state index contributed by atoms with van der Waals surface area (Å²) in [6, 6.07) is 7.68. The average molecular weight is 399 g/mol. The lowest BCUT2D eigenvalue weighted by molar-refractivity contribution is -0.132. The van der Waals surface area contributed by atoms with Gasteiger partial charge in [0.05, 0.1) is 16.7 Å². The number of allylic oxidation sites excluding steroid dienone is 1. The van der Waals surface area contributed by atoms with Crippen LogP contribution in [-0.2, 0) is 4.79 Å². The standard InChI is InChI=1S/C22H27ClN4O/c1-3-5-19-20(4-2)27(18-8-6-17(23)7-9-18)25-22(19)16-11-14-26(15-12-16)21(28)10-13-24/h3-9,16H,1,10-15,24H2,2H3/b19-5+,20-4+. The molecular weight excluding hydrogens is 372 g/mol. The molecule has 1 saturated heterocycles. The van der Waals surface area contributed by atoms with Crippen molar-refractivity contribution in [3.63, 3.8) is 0 Å². The predicted octanol–water partition coefficient (Wildman–Crippen LogP) is 2.35. The van der Waals surface area contributed by atoms with Gasteiger partial charge in [-0.2, -0.15) is 5.10 Å². The van der Waals surface area contributed by atoms with Crippen molar-refractivity contribution in [1.82, 2.24) is 14.7 Å². The summed E-state index contributed by atoms with van der Waals surface area (Å²) in [7, 11) is 0. The van der Waals surface area contributed by atoms with Crippen molar-refractivity contribution in [1.29, 1.82) is 0 Å². The predicted molar refractivity (Wildman–Crippen MR) is 115 cm³/mol. The normalized spacial score (nSPS) is 16.6. The highest BCUT2D eigenvalue weighted by Crippen LogP contribution is 2.25. The van der Waals surface area contributed by atoms with E-state index in [1.54, 1.807) is 6.08 Å². The number of hydrogen-bond acceptors (Lipinski definition) is 3. The van der Waals surface area contributed by atoms with Gasteiger partial charge in [0.2, 0.25) is 5.91 Å². The average Bonchev–Trinajstić information content (AvgIpc) is 3.07. The molecule has 0 radical (unpaired) electrons. The molecule has 1 aromatic heterocycles. The van der Waals surface area contributed by atoms with Crippen molar-refractivity contribution >= 4 is 29.7 Å². The zero-order valence-corrected chi connectivity index (χ0v) is 17.0. The molecule has 2 aromatic rings. The van der Waals surface area contributed by atoms with Gasteiger partial charge in [-0.3, -0.25) is 4.79 Å². The Morgan fingerprint density at radius 3 is 2.57 bits per heavy atom. The molecule has 28 heavy (non-hydrogen) atoms. The van der Waals surface area contributed by atoms with E-state index in [1.807, 2.05) is 46.8 Å². The van der Waals surface area contributed by atoms with E-state index < -0.39 is 0 Å². The third-order valence-electron chi connectivity index (χ3n) is 5.21. The van der Waals surface area contributed by atoms with E-state index in [0.717, 1.165) is 47.9 Å². The highest BCUT2D eigenvalue weighted by molar-refractivity contribution is 6.30. The number of aromatic nitrogens is 2. The van der Waals surface area contributed by atoms with Crippen LogP contribution in [0.15, 0.2) is 36.9 Å². The van der Waals surface area contributed by atoms with E-state index in [4.69, 9.17) is 22.4 Å². The Labute approximate surface area is 170 Å². The fourth-order valence-electron chi connectivity index (χ4n) is 3.79. The van der Waals surface area contributed by atoms with Crippen molar-refractivity contribution in [3.05, 3.63) is 58.2 Å². The van der Waals surface area contributed by atoms with Gasteiger partial charge in [-0.05, 0) is 44.0 Å². The summed E-state index contributed by atoms with van der Waals surface area (Å²) < 4.78 is 1.97. The summed E-state index contributed by atoms with van der Waals surface area (Å²) in [4.78, 5) is 14.0. The first kappa shape index (κ1) is 20.4. The highest BCUT2D eigenvalue weighted by atomic mass is 35.5. The largest absolute Gasteiger partial charge is 0.343 e. The summed E-state index contributed by atoms with van der Waals surface area (Å²) in [6.07, 6.45) is 8.11. The number of benzene rings is 1. The fourth-order valence-corrected chi connectivity index (χ4v) is 3.92. The second-order valence-electron chi connectivity index (χ2n) is 6.96. The maximum atomic E-state index is 12.1. The Balaban J connectivity index is 1.96. The third-order valence-corrected chi connectivity index (χ3v) is 5.46. The van der Waals surface area contributed by atoms with Crippen LogP contribution < -0.4 is 16.3 Å². The van der Waals surface area contributed by atoms with Gasteiger partial charge in [-0.15, -0.1) is 0 Å². The van der Waals surface area contributed by atoms with E-state index >= 15 is 0 Å². The van der Waals surface area contributed by atoms with Crippen LogP contribution in [0.25, 0.3) is 17.8 Å². The van der Waals surface area contributed by atoms with E-state index in [9.17, 15) is 4.79 Å². The SMILES string of the molecule is C=C/C=c1/c(C2CCN(C(=O)CCN)CC2)nn(-c2ccc(Cl)cc2)/c1=C/C. The van der Waals surface area contributed by atoms with Crippen LogP contribution >= 0.6 is 11.6 Å². The number of amides is 1. The Bertz CT molecular complexity index is 954. The first-order valence-electron chi connectivity index (χ1n) is 9.70. The van der Waals surface area contributed by atoms with Gasteiger partial charge in [-0.25, -0.2) is 4.68 Å². The minimum absolute atomic E-state index is 0.146. The number of piperidine rings is 1. The molecule has 1 aliphatic rings. The van der Waals surface area contributed by atoms with Gasteiger partial charge in [-0.1, -0.05) is 36.4 Å². The summed E-state index contributed by atoms with van der Waals surface area (Å²) in [5.74, 6) is 0.452. The third kappa shape index (κ3) is 4.21. The topological polar surface area (TPSA) is 64.2 Å². The van der Waals surface area contributed by atoms with Gasteiger partial charge in [0.1, 0.15) is 0 Å². The first-order valence-corrected chi connectivity index (χ1v) is 10.1. The molecule has 6 heteroatoms. The smallest absolute Gasteiger partial charge is 0.223 e.